The maximum Gasteiger partial charge on any atom is 0.136 e. The highest BCUT2D eigenvalue weighted by atomic mass is 16.3. The number of aromatic nitrogens is 2. The number of likely N-dealkylation sites (N-methyl/N-ethyl adjacent to an activating group) is 1. The van der Waals surface area contributed by atoms with Crippen LogP contribution in [-0.4, -0.2) is 40.2 Å². The molecule has 1 aromatic carbocycles. The van der Waals surface area contributed by atoms with Crippen LogP contribution in [0.5, 0.6) is 0 Å². The van der Waals surface area contributed by atoms with E-state index in [0.29, 0.717) is 11.5 Å². The Balaban J connectivity index is 2.53. The molecule has 1 heterocycles. The van der Waals surface area contributed by atoms with Crippen LogP contribution < -0.4 is 5.73 Å². The molecule has 0 spiro atoms. The number of nitrogens with zero attached hydrogens (tertiary/aromatic N) is 3. The van der Waals surface area contributed by atoms with Crippen LogP contribution in [0.3, 0.4) is 0 Å². The zero-order valence-electron chi connectivity index (χ0n) is 11.1. The van der Waals surface area contributed by atoms with Gasteiger partial charge < -0.3 is 20.3 Å². The molecule has 5 nitrogen and oxygen atoms in total. The Labute approximate surface area is 107 Å². The lowest BCUT2D eigenvalue weighted by molar-refractivity contribution is 0.255. The van der Waals surface area contributed by atoms with E-state index in [1.54, 1.807) is 0 Å². The summed E-state index contributed by atoms with van der Waals surface area (Å²) in [6, 6.07) is 5.91. The van der Waals surface area contributed by atoms with Crippen LogP contribution in [0.15, 0.2) is 18.2 Å². The summed E-state index contributed by atoms with van der Waals surface area (Å²) in [4.78, 5) is 6.55. The highest BCUT2D eigenvalue weighted by Gasteiger charge is 2.15. The lowest BCUT2D eigenvalue weighted by atomic mass is 10.2. The third kappa shape index (κ3) is 2.32. The van der Waals surface area contributed by atoms with Crippen molar-refractivity contribution in [3.63, 3.8) is 0 Å². The predicted molar refractivity (Wildman–Crippen MR) is 73.3 cm³/mol. The molecule has 0 amide bonds. The largest absolute Gasteiger partial charge is 0.399 e. The first kappa shape index (κ1) is 12.9. The Hall–Kier alpha value is -1.59. The Morgan fingerprint density at radius 2 is 2.17 bits per heavy atom. The van der Waals surface area contributed by atoms with Crippen LogP contribution in [0.25, 0.3) is 11.0 Å². The van der Waals surface area contributed by atoms with Gasteiger partial charge in [0.25, 0.3) is 0 Å². The van der Waals surface area contributed by atoms with Gasteiger partial charge in [0.05, 0.1) is 11.0 Å². The van der Waals surface area contributed by atoms with Crippen LogP contribution in [-0.2, 0) is 6.61 Å². The smallest absolute Gasteiger partial charge is 0.136 e. The van der Waals surface area contributed by atoms with Crippen molar-refractivity contribution in [2.45, 2.75) is 19.6 Å². The first-order valence-corrected chi connectivity index (χ1v) is 6.05. The second kappa shape index (κ2) is 4.96. The van der Waals surface area contributed by atoms with Crippen LogP contribution in [0.4, 0.5) is 5.69 Å². The number of rotatable bonds is 4. The van der Waals surface area contributed by atoms with Gasteiger partial charge in [0.2, 0.25) is 0 Å². The average Bonchev–Trinajstić information content (AvgIpc) is 2.65. The molecular weight excluding hydrogens is 228 g/mol. The molecule has 3 N–H and O–H groups in total. The molecular formula is C13H20N4O. The van der Waals surface area contributed by atoms with E-state index in [-0.39, 0.29) is 12.6 Å². The van der Waals surface area contributed by atoms with Crippen molar-refractivity contribution in [2.75, 3.05) is 26.4 Å². The summed E-state index contributed by atoms with van der Waals surface area (Å²) in [6.07, 6.45) is 0. The number of nitrogen functional groups attached to an aromatic ring is 1. The summed E-state index contributed by atoms with van der Waals surface area (Å²) in [5, 5.41) is 9.44. The lowest BCUT2D eigenvalue weighted by Crippen LogP contribution is -2.23. The Kier molecular flexibility index (Phi) is 3.54. The zero-order valence-corrected chi connectivity index (χ0v) is 11.1. The van der Waals surface area contributed by atoms with E-state index in [1.807, 2.05) is 32.3 Å². The highest BCUT2D eigenvalue weighted by molar-refractivity contribution is 5.79. The van der Waals surface area contributed by atoms with Crippen molar-refractivity contribution in [1.29, 1.82) is 0 Å². The number of hydrogen-bond acceptors (Lipinski definition) is 4. The van der Waals surface area contributed by atoms with Gasteiger partial charge in [-0.25, -0.2) is 4.98 Å². The standard InChI is InChI=1S/C13H20N4O/c1-9(7-16(2)3)17-12-5-4-10(14)6-11(12)15-13(17)8-18/h4-6,9,18H,7-8,14H2,1-3H3. The minimum Gasteiger partial charge on any atom is -0.399 e. The van der Waals surface area contributed by atoms with Crippen molar-refractivity contribution in [1.82, 2.24) is 14.5 Å². The molecule has 1 unspecified atom stereocenters. The van der Waals surface area contributed by atoms with Gasteiger partial charge in [-0.2, -0.15) is 0 Å². The van der Waals surface area contributed by atoms with E-state index in [9.17, 15) is 5.11 Å². The zero-order chi connectivity index (χ0) is 13.3. The van der Waals surface area contributed by atoms with E-state index < -0.39 is 0 Å². The fourth-order valence-corrected chi connectivity index (χ4v) is 2.38. The second-order valence-corrected chi connectivity index (χ2v) is 4.92. The first-order valence-electron chi connectivity index (χ1n) is 6.05. The third-order valence-electron chi connectivity index (χ3n) is 3.00. The Morgan fingerprint density at radius 3 is 2.78 bits per heavy atom. The number of benzene rings is 1. The van der Waals surface area contributed by atoms with Crippen molar-refractivity contribution in [3.05, 3.63) is 24.0 Å². The topological polar surface area (TPSA) is 67.3 Å². The quantitative estimate of drug-likeness (QED) is 0.799. The fourth-order valence-electron chi connectivity index (χ4n) is 2.38. The van der Waals surface area contributed by atoms with Gasteiger partial charge in [0, 0.05) is 18.3 Å². The molecule has 0 radical (unpaired) electrons. The normalized spacial score (nSPS) is 13.4. The van der Waals surface area contributed by atoms with Gasteiger partial charge in [0.1, 0.15) is 12.4 Å². The third-order valence-corrected chi connectivity index (χ3v) is 3.00. The molecule has 0 bridgehead atoms. The van der Waals surface area contributed by atoms with Gasteiger partial charge in [-0.3, -0.25) is 0 Å². The number of aliphatic hydroxyl groups excluding tert-OH is 1. The van der Waals surface area contributed by atoms with Crippen LogP contribution >= 0.6 is 0 Å². The molecule has 0 saturated carbocycles. The van der Waals surface area contributed by atoms with E-state index in [0.717, 1.165) is 17.6 Å². The van der Waals surface area contributed by atoms with E-state index in [1.165, 1.54) is 0 Å². The second-order valence-electron chi connectivity index (χ2n) is 4.92. The molecule has 5 heteroatoms. The number of aliphatic hydroxyl groups is 1. The summed E-state index contributed by atoms with van der Waals surface area (Å²) in [6.45, 7) is 2.95. The molecule has 0 aliphatic carbocycles. The molecule has 0 saturated heterocycles. The SMILES string of the molecule is CC(CN(C)C)n1c(CO)nc2cc(N)ccc21. The summed E-state index contributed by atoms with van der Waals surface area (Å²) < 4.78 is 2.08. The Morgan fingerprint density at radius 1 is 1.44 bits per heavy atom. The monoisotopic (exact) mass is 248 g/mol. The van der Waals surface area contributed by atoms with Crippen molar-refractivity contribution >= 4 is 16.7 Å². The molecule has 0 fully saturated rings. The molecule has 98 valence electrons. The van der Waals surface area contributed by atoms with Gasteiger partial charge >= 0.3 is 0 Å². The summed E-state index contributed by atoms with van der Waals surface area (Å²) >= 11 is 0. The van der Waals surface area contributed by atoms with Crippen molar-refractivity contribution in [3.8, 4) is 0 Å². The average molecular weight is 248 g/mol. The summed E-state index contributed by atoms with van der Waals surface area (Å²) in [5.74, 6) is 0.685. The number of fused-ring (bicyclic) bond motifs is 1. The molecule has 0 aliphatic heterocycles. The molecule has 18 heavy (non-hydrogen) atoms. The van der Waals surface area contributed by atoms with Gasteiger partial charge in [-0.1, -0.05) is 0 Å². The van der Waals surface area contributed by atoms with Gasteiger partial charge in [0.15, 0.2) is 0 Å². The first-order chi connectivity index (χ1) is 8.52. The molecule has 2 aromatic rings. The molecule has 1 atom stereocenters. The van der Waals surface area contributed by atoms with Crippen LogP contribution in [0, 0.1) is 0 Å². The summed E-state index contributed by atoms with van der Waals surface area (Å²) in [5.41, 5.74) is 8.31. The molecule has 1 aromatic heterocycles. The molecule has 2 rings (SSSR count). The van der Waals surface area contributed by atoms with Crippen LogP contribution in [0.2, 0.25) is 0 Å². The van der Waals surface area contributed by atoms with Crippen LogP contribution in [0.1, 0.15) is 18.8 Å². The number of nitrogens with two attached hydrogens (primary N) is 1. The van der Waals surface area contributed by atoms with E-state index in [4.69, 9.17) is 5.73 Å². The van der Waals surface area contributed by atoms with Crippen molar-refractivity contribution < 1.29 is 5.11 Å². The minimum absolute atomic E-state index is 0.0631. The van der Waals surface area contributed by atoms with Gasteiger partial charge in [-0.15, -0.1) is 0 Å². The maximum absolute atomic E-state index is 9.44. The van der Waals surface area contributed by atoms with Gasteiger partial charge in [-0.05, 0) is 39.2 Å². The highest BCUT2D eigenvalue weighted by Crippen LogP contribution is 2.23. The fraction of sp³-hybridized carbons (Fsp3) is 0.462. The van der Waals surface area contributed by atoms with E-state index in [2.05, 4.69) is 21.4 Å². The van der Waals surface area contributed by atoms with Crippen molar-refractivity contribution in [2.24, 2.45) is 0 Å². The summed E-state index contributed by atoms with van der Waals surface area (Å²) in [7, 11) is 4.07. The predicted octanol–water partition coefficient (Wildman–Crippen LogP) is 1.23. The lowest BCUT2D eigenvalue weighted by Gasteiger charge is -2.20. The number of anilines is 1. The number of imidazole rings is 1. The molecule has 0 aliphatic rings. The minimum atomic E-state index is -0.0631. The van der Waals surface area contributed by atoms with E-state index >= 15 is 0 Å². The Bertz CT molecular complexity index is 547. The number of hydrogen-bond donors (Lipinski definition) is 2. The maximum atomic E-state index is 9.44.